The third kappa shape index (κ3) is 3.43. The minimum Gasteiger partial charge on any atom is -0.502 e. The smallest absolute Gasteiger partial charge is 0.390 e. The summed E-state index contributed by atoms with van der Waals surface area (Å²) in [6.45, 7) is 0. The van der Waals surface area contributed by atoms with Crippen LogP contribution in [0.5, 0.6) is 17.2 Å². The van der Waals surface area contributed by atoms with Gasteiger partial charge in [-0.05, 0) is 17.7 Å². The van der Waals surface area contributed by atoms with Crippen molar-refractivity contribution in [2.45, 2.75) is 18.6 Å². The van der Waals surface area contributed by atoms with Crippen molar-refractivity contribution in [3.8, 4) is 17.2 Å². The van der Waals surface area contributed by atoms with Crippen LogP contribution in [-0.4, -0.2) is 25.5 Å². The Balaban J connectivity index is 3.09. The van der Waals surface area contributed by atoms with Crippen LogP contribution in [0, 0.1) is 0 Å². The number of hydrogen-bond acceptors (Lipinski definition) is 4. The molecule has 18 heavy (non-hydrogen) atoms. The zero-order valence-corrected chi connectivity index (χ0v) is 9.91. The summed E-state index contributed by atoms with van der Waals surface area (Å²) in [6, 6.07) is 1.27. The molecule has 0 saturated heterocycles. The summed E-state index contributed by atoms with van der Waals surface area (Å²) in [5.41, 5.74) is 5.65. The largest absolute Gasteiger partial charge is 0.502 e. The Morgan fingerprint density at radius 2 is 1.67 bits per heavy atom. The van der Waals surface area contributed by atoms with Gasteiger partial charge >= 0.3 is 6.18 Å². The van der Waals surface area contributed by atoms with Gasteiger partial charge in [0.1, 0.15) is 0 Å². The Kier molecular flexibility index (Phi) is 4.28. The fraction of sp³-hybridized carbons (Fsp3) is 0.455. The number of rotatable bonds is 4. The monoisotopic (exact) mass is 265 g/mol. The molecular formula is C11H14F3NO3. The van der Waals surface area contributed by atoms with E-state index in [2.05, 4.69) is 0 Å². The molecule has 102 valence electrons. The van der Waals surface area contributed by atoms with E-state index in [1.807, 2.05) is 0 Å². The Labute approximate surface area is 102 Å². The number of nitrogens with two attached hydrogens (primary N) is 1. The number of aromatic hydroxyl groups is 1. The average Bonchev–Trinajstić information content (AvgIpc) is 2.27. The van der Waals surface area contributed by atoms with Crippen molar-refractivity contribution >= 4 is 0 Å². The van der Waals surface area contributed by atoms with Crippen LogP contribution >= 0.6 is 0 Å². The average molecular weight is 265 g/mol. The van der Waals surface area contributed by atoms with Crippen LogP contribution in [0.2, 0.25) is 0 Å². The SMILES string of the molecule is COc1cc([C@H](N)CC(F)(F)F)cc(OC)c1O. The summed E-state index contributed by atoms with van der Waals surface area (Å²) >= 11 is 0. The molecule has 0 bridgehead atoms. The van der Waals surface area contributed by atoms with Crippen molar-refractivity contribution in [3.05, 3.63) is 17.7 Å². The molecule has 1 atom stereocenters. The Morgan fingerprint density at radius 1 is 1.22 bits per heavy atom. The van der Waals surface area contributed by atoms with Crippen molar-refractivity contribution in [1.29, 1.82) is 0 Å². The third-order valence-corrected chi connectivity index (χ3v) is 2.38. The number of phenolic OH excluding ortho intramolecular Hbond substituents is 1. The number of benzene rings is 1. The van der Waals surface area contributed by atoms with Crippen molar-refractivity contribution in [3.63, 3.8) is 0 Å². The van der Waals surface area contributed by atoms with Crippen LogP contribution in [0.25, 0.3) is 0 Å². The number of ether oxygens (including phenoxy) is 2. The van der Waals surface area contributed by atoms with E-state index in [0.29, 0.717) is 0 Å². The molecule has 7 heteroatoms. The molecule has 0 aliphatic rings. The van der Waals surface area contributed by atoms with Crippen LogP contribution < -0.4 is 15.2 Å². The van der Waals surface area contributed by atoms with E-state index in [9.17, 15) is 18.3 Å². The number of hydrogen-bond donors (Lipinski definition) is 2. The zero-order chi connectivity index (χ0) is 13.9. The van der Waals surface area contributed by atoms with E-state index in [4.69, 9.17) is 15.2 Å². The highest BCUT2D eigenvalue weighted by Gasteiger charge is 2.31. The lowest BCUT2D eigenvalue weighted by Gasteiger charge is -2.17. The van der Waals surface area contributed by atoms with Gasteiger partial charge in [0.05, 0.1) is 20.6 Å². The summed E-state index contributed by atoms with van der Waals surface area (Å²) < 4.78 is 46.4. The second-order valence-corrected chi connectivity index (χ2v) is 3.70. The molecule has 1 aromatic carbocycles. The van der Waals surface area contributed by atoms with Gasteiger partial charge in [0.15, 0.2) is 11.5 Å². The quantitative estimate of drug-likeness (QED) is 0.877. The van der Waals surface area contributed by atoms with E-state index in [1.54, 1.807) is 0 Å². The molecule has 0 amide bonds. The lowest BCUT2D eigenvalue weighted by molar-refractivity contribution is -0.138. The number of methoxy groups -OCH3 is 2. The molecule has 4 nitrogen and oxygen atoms in total. The van der Waals surface area contributed by atoms with Gasteiger partial charge in [0, 0.05) is 6.04 Å². The first-order valence-corrected chi connectivity index (χ1v) is 5.05. The molecule has 0 aliphatic carbocycles. The normalized spacial score (nSPS) is 13.2. The summed E-state index contributed by atoms with van der Waals surface area (Å²) in [5.74, 6) is -0.244. The molecule has 0 heterocycles. The van der Waals surface area contributed by atoms with E-state index in [0.717, 1.165) is 0 Å². The maximum absolute atomic E-state index is 12.2. The van der Waals surface area contributed by atoms with Gasteiger partial charge in [0.2, 0.25) is 5.75 Å². The summed E-state index contributed by atoms with van der Waals surface area (Å²) in [5, 5.41) is 9.61. The highest BCUT2D eigenvalue weighted by atomic mass is 19.4. The topological polar surface area (TPSA) is 64.7 Å². The van der Waals surface area contributed by atoms with E-state index in [1.165, 1.54) is 26.4 Å². The molecule has 3 N–H and O–H groups in total. The molecule has 0 unspecified atom stereocenters. The van der Waals surface area contributed by atoms with Crippen LogP contribution in [0.3, 0.4) is 0 Å². The van der Waals surface area contributed by atoms with Crippen molar-refractivity contribution in [2.75, 3.05) is 14.2 Å². The zero-order valence-electron chi connectivity index (χ0n) is 9.91. The van der Waals surface area contributed by atoms with Crippen molar-refractivity contribution in [1.82, 2.24) is 0 Å². The minimum absolute atomic E-state index is 0.0157. The Morgan fingerprint density at radius 3 is 2.00 bits per heavy atom. The van der Waals surface area contributed by atoms with Crippen molar-refractivity contribution in [2.24, 2.45) is 5.73 Å². The fourth-order valence-electron chi connectivity index (χ4n) is 1.50. The second kappa shape index (κ2) is 5.34. The Hall–Kier alpha value is -1.63. The van der Waals surface area contributed by atoms with Crippen LogP contribution in [0.15, 0.2) is 12.1 Å². The van der Waals surface area contributed by atoms with Gasteiger partial charge in [-0.3, -0.25) is 0 Å². The molecule has 0 aliphatic heterocycles. The number of halogens is 3. The molecule has 0 saturated carbocycles. The lowest BCUT2D eigenvalue weighted by atomic mass is 10.0. The fourth-order valence-corrected chi connectivity index (χ4v) is 1.50. The summed E-state index contributed by atoms with van der Waals surface area (Å²) in [7, 11) is 2.57. The van der Waals surface area contributed by atoms with Crippen LogP contribution in [0.4, 0.5) is 13.2 Å². The molecule has 0 spiro atoms. The molecule has 1 rings (SSSR count). The first-order chi connectivity index (χ1) is 8.28. The third-order valence-electron chi connectivity index (χ3n) is 2.38. The van der Waals surface area contributed by atoms with Gasteiger partial charge in [-0.2, -0.15) is 13.2 Å². The van der Waals surface area contributed by atoms with E-state index in [-0.39, 0.29) is 22.8 Å². The standard InChI is InChI=1S/C11H14F3NO3/c1-17-8-3-6(4-9(18-2)10(8)16)7(15)5-11(12,13)14/h3-4,7,16H,5,15H2,1-2H3/t7-/m1/s1. The summed E-state index contributed by atoms with van der Waals surface area (Å²) in [6.07, 6.45) is -5.53. The Bertz CT molecular complexity index is 395. The van der Waals surface area contributed by atoms with E-state index >= 15 is 0 Å². The molecule has 1 aromatic rings. The number of alkyl halides is 3. The van der Waals surface area contributed by atoms with Gasteiger partial charge in [-0.15, -0.1) is 0 Å². The maximum atomic E-state index is 12.2. The van der Waals surface area contributed by atoms with Gasteiger partial charge < -0.3 is 20.3 Å². The first kappa shape index (κ1) is 14.4. The molecular weight excluding hydrogens is 251 g/mol. The van der Waals surface area contributed by atoms with Gasteiger partial charge in [-0.1, -0.05) is 0 Å². The van der Waals surface area contributed by atoms with Gasteiger partial charge in [0.25, 0.3) is 0 Å². The highest BCUT2D eigenvalue weighted by molar-refractivity contribution is 5.53. The predicted molar refractivity (Wildman–Crippen MR) is 58.8 cm³/mol. The van der Waals surface area contributed by atoms with Crippen molar-refractivity contribution < 1.29 is 27.8 Å². The second-order valence-electron chi connectivity index (χ2n) is 3.70. The summed E-state index contributed by atoms with van der Waals surface area (Å²) in [4.78, 5) is 0. The van der Waals surface area contributed by atoms with Crippen LogP contribution in [-0.2, 0) is 0 Å². The highest BCUT2D eigenvalue weighted by Crippen LogP contribution is 2.39. The maximum Gasteiger partial charge on any atom is 0.390 e. The predicted octanol–water partition coefficient (Wildman–Crippen LogP) is 2.36. The lowest BCUT2D eigenvalue weighted by Crippen LogP contribution is -2.20. The minimum atomic E-state index is -4.36. The first-order valence-electron chi connectivity index (χ1n) is 5.05. The van der Waals surface area contributed by atoms with E-state index < -0.39 is 18.6 Å². The van der Waals surface area contributed by atoms with Crippen LogP contribution in [0.1, 0.15) is 18.0 Å². The van der Waals surface area contributed by atoms with Gasteiger partial charge in [-0.25, -0.2) is 0 Å². The molecule has 0 radical (unpaired) electrons. The number of phenols is 1. The molecule has 0 aromatic heterocycles. The molecule has 0 fully saturated rings.